The number of sulfonamides is 1. The Morgan fingerprint density at radius 1 is 1.58 bits per heavy atom. The van der Waals surface area contributed by atoms with Crippen molar-refractivity contribution in [1.29, 1.82) is 0 Å². The van der Waals surface area contributed by atoms with Gasteiger partial charge in [0.15, 0.2) is 6.29 Å². The number of carbonyl (C=O) groups excluding carboxylic acids is 1. The maximum absolute atomic E-state index is 10.8. The number of carbonyl (C=O) groups is 1. The third-order valence-electron chi connectivity index (χ3n) is 1.32. The third kappa shape index (κ3) is 1.71. The second-order valence-corrected chi connectivity index (χ2v) is 5.15. The van der Waals surface area contributed by atoms with Gasteiger partial charge < -0.3 is 0 Å². The number of rotatable bonds is 2. The number of hydrogen-bond donors (Lipinski definition) is 1. The van der Waals surface area contributed by atoms with Gasteiger partial charge in [0.2, 0.25) is 10.0 Å². The average molecular weight is 205 g/mol. The molecule has 4 nitrogen and oxygen atoms in total. The van der Waals surface area contributed by atoms with Crippen LogP contribution < -0.4 is 5.14 Å². The molecule has 1 heterocycles. The summed E-state index contributed by atoms with van der Waals surface area (Å²) in [7, 11) is -3.65. The summed E-state index contributed by atoms with van der Waals surface area (Å²) in [6.07, 6.45) is 0.620. The van der Waals surface area contributed by atoms with Crippen molar-refractivity contribution >= 4 is 27.6 Å². The zero-order valence-electron chi connectivity index (χ0n) is 6.27. The third-order valence-corrected chi connectivity index (χ3v) is 3.90. The van der Waals surface area contributed by atoms with Crippen molar-refractivity contribution in [2.45, 2.75) is 11.1 Å². The SMILES string of the molecule is Cc1cc(S(N)(=O)=O)sc1C=O. The number of aryl methyl sites for hydroxylation is 1. The van der Waals surface area contributed by atoms with Crippen LogP contribution in [0.25, 0.3) is 0 Å². The first-order chi connectivity index (χ1) is 5.45. The monoisotopic (exact) mass is 205 g/mol. The molecule has 0 aliphatic carbocycles. The molecule has 2 N–H and O–H groups in total. The molecule has 0 bridgehead atoms. The molecule has 0 radical (unpaired) electrons. The highest BCUT2D eigenvalue weighted by Crippen LogP contribution is 2.22. The number of hydrogen-bond acceptors (Lipinski definition) is 4. The quantitative estimate of drug-likeness (QED) is 0.715. The summed E-state index contributed by atoms with van der Waals surface area (Å²) < 4.78 is 21.6. The van der Waals surface area contributed by atoms with Gasteiger partial charge in [0.25, 0.3) is 0 Å². The summed E-state index contributed by atoms with van der Waals surface area (Å²) in [5.41, 5.74) is 0.638. The molecule has 0 unspecified atom stereocenters. The largest absolute Gasteiger partial charge is 0.297 e. The van der Waals surface area contributed by atoms with Crippen LogP contribution in [0.3, 0.4) is 0 Å². The van der Waals surface area contributed by atoms with E-state index in [-0.39, 0.29) is 4.21 Å². The molecule has 0 spiro atoms. The molecular formula is C6H7NO3S2. The average Bonchev–Trinajstić information content (AvgIpc) is 2.29. The minimum Gasteiger partial charge on any atom is -0.297 e. The molecule has 0 fully saturated rings. The number of thiophene rings is 1. The summed E-state index contributed by atoms with van der Waals surface area (Å²) in [6.45, 7) is 1.66. The van der Waals surface area contributed by atoms with E-state index >= 15 is 0 Å². The molecule has 0 aliphatic heterocycles. The van der Waals surface area contributed by atoms with Crippen molar-refractivity contribution in [1.82, 2.24) is 0 Å². The Kier molecular flexibility index (Phi) is 2.31. The van der Waals surface area contributed by atoms with Gasteiger partial charge in [0, 0.05) is 0 Å². The highest BCUT2D eigenvalue weighted by molar-refractivity contribution is 7.91. The van der Waals surface area contributed by atoms with E-state index in [9.17, 15) is 13.2 Å². The van der Waals surface area contributed by atoms with Crippen LogP contribution in [0.2, 0.25) is 0 Å². The van der Waals surface area contributed by atoms with E-state index in [2.05, 4.69) is 0 Å². The fraction of sp³-hybridized carbons (Fsp3) is 0.167. The Morgan fingerprint density at radius 2 is 2.17 bits per heavy atom. The van der Waals surface area contributed by atoms with E-state index in [0.717, 1.165) is 11.3 Å². The molecular weight excluding hydrogens is 198 g/mol. The molecule has 0 atom stereocenters. The van der Waals surface area contributed by atoms with E-state index in [1.54, 1.807) is 6.92 Å². The lowest BCUT2D eigenvalue weighted by atomic mass is 10.3. The molecule has 12 heavy (non-hydrogen) atoms. The molecule has 0 aliphatic rings. The van der Waals surface area contributed by atoms with Gasteiger partial charge in [-0.15, -0.1) is 11.3 Å². The van der Waals surface area contributed by atoms with Crippen LogP contribution in [0.5, 0.6) is 0 Å². The Labute approximate surface area is 74.1 Å². The first kappa shape index (κ1) is 9.37. The van der Waals surface area contributed by atoms with E-state index in [0.29, 0.717) is 16.7 Å². The van der Waals surface area contributed by atoms with Crippen molar-refractivity contribution in [3.8, 4) is 0 Å². The second-order valence-electron chi connectivity index (χ2n) is 2.28. The fourth-order valence-corrected chi connectivity index (χ4v) is 2.52. The van der Waals surface area contributed by atoms with Gasteiger partial charge in [-0.3, -0.25) is 4.79 Å². The summed E-state index contributed by atoms with van der Waals surface area (Å²) in [4.78, 5) is 10.7. The van der Waals surface area contributed by atoms with Gasteiger partial charge in [-0.2, -0.15) is 0 Å². The van der Waals surface area contributed by atoms with Gasteiger partial charge in [-0.25, -0.2) is 13.6 Å². The van der Waals surface area contributed by atoms with E-state index in [1.807, 2.05) is 0 Å². The van der Waals surface area contributed by atoms with Gasteiger partial charge >= 0.3 is 0 Å². The van der Waals surface area contributed by atoms with Crippen LogP contribution in [-0.2, 0) is 10.0 Å². The molecule has 1 rings (SSSR count). The van der Waals surface area contributed by atoms with Gasteiger partial charge in [-0.1, -0.05) is 0 Å². The Balaban J connectivity index is 3.32. The molecule has 1 aromatic rings. The van der Waals surface area contributed by atoms with Crippen LogP contribution in [0.15, 0.2) is 10.3 Å². The van der Waals surface area contributed by atoms with Crippen LogP contribution in [0.1, 0.15) is 15.2 Å². The van der Waals surface area contributed by atoms with E-state index < -0.39 is 10.0 Å². The van der Waals surface area contributed by atoms with Crippen LogP contribution >= 0.6 is 11.3 Å². The Hall–Kier alpha value is -0.720. The second kappa shape index (κ2) is 2.96. The maximum atomic E-state index is 10.8. The van der Waals surface area contributed by atoms with Gasteiger partial charge in [0.05, 0.1) is 4.88 Å². The zero-order chi connectivity index (χ0) is 9.35. The fourth-order valence-electron chi connectivity index (χ4n) is 0.723. The van der Waals surface area contributed by atoms with Gasteiger partial charge in [-0.05, 0) is 18.6 Å². The van der Waals surface area contributed by atoms with Crippen molar-refractivity contribution in [3.05, 3.63) is 16.5 Å². The first-order valence-electron chi connectivity index (χ1n) is 3.03. The summed E-state index contributed by atoms with van der Waals surface area (Å²) in [6, 6.07) is 1.39. The van der Waals surface area contributed by atoms with Crippen molar-refractivity contribution in [2.24, 2.45) is 5.14 Å². The molecule has 0 amide bonds. The normalized spacial score (nSPS) is 11.5. The minimum absolute atomic E-state index is 0.0297. The van der Waals surface area contributed by atoms with Crippen molar-refractivity contribution in [3.63, 3.8) is 0 Å². The Bertz CT molecular complexity index is 404. The lowest BCUT2D eigenvalue weighted by Crippen LogP contribution is -2.09. The molecule has 0 saturated heterocycles. The number of aldehydes is 1. The van der Waals surface area contributed by atoms with Crippen LogP contribution in [0, 0.1) is 6.92 Å². The summed E-state index contributed by atoms with van der Waals surface area (Å²) in [5, 5.41) is 4.86. The highest BCUT2D eigenvalue weighted by Gasteiger charge is 2.13. The molecule has 0 aromatic carbocycles. The molecule has 0 saturated carbocycles. The van der Waals surface area contributed by atoms with E-state index in [4.69, 9.17) is 5.14 Å². The number of nitrogens with two attached hydrogens (primary N) is 1. The molecule has 66 valence electrons. The number of primary sulfonamides is 1. The molecule has 6 heteroatoms. The maximum Gasteiger partial charge on any atom is 0.247 e. The summed E-state index contributed by atoms with van der Waals surface area (Å²) >= 11 is 0.885. The van der Waals surface area contributed by atoms with Crippen LogP contribution in [-0.4, -0.2) is 14.7 Å². The predicted molar refractivity (Wildman–Crippen MR) is 45.8 cm³/mol. The smallest absolute Gasteiger partial charge is 0.247 e. The van der Waals surface area contributed by atoms with Crippen LogP contribution in [0.4, 0.5) is 0 Å². The Morgan fingerprint density at radius 3 is 2.42 bits per heavy atom. The lowest BCUT2D eigenvalue weighted by Gasteiger charge is -1.87. The highest BCUT2D eigenvalue weighted by atomic mass is 32.2. The van der Waals surface area contributed by atoms with Crippen molar-refractivity contribution < 1.29 is 13.2 Å². The lowest BCUT2D eigenvalue weighted by molar-refractivity contribution is 0.112. The first-order valence-corrected chi connectivity index (χ1v) is 5.40. The minimum atomic E-state index is -3.65. The van der Waals surface area contributed by atoms with Crippen molar-refractivity contribution in [2.75, 3.05) is 0 Å². The summed E-state index contributed by atoms with van der Waals surface area (Å²) in [5.74, 6) is 0. The topological polar surface area (TPSA) is 77.2 Å². The standard InChI is InChI=1S/C6H7NO3S2/c1-4-2-6(12(7,9)10)11-5(4)3-8/h2-3H,1H3,(H2,7,9,10). The van der Waals surface area contributed by atoms with Gasteiger partial charge in [0.1, 0.15) is 4.21 Å². The molecule has 1 aromatic heterocycles. The van der Waals surface area contributed by atoms with E-state index in [1.165, 1.54) is 6.07 Å². The zero-order valence-corrected chi connectivity index (χ0v) is 7.91. The predicted octanol–water partition coefficient (Wildman–Crippen LogP) is 0.516.